The second-order valence-corrected chi connectivity index (χ2v) is 6.53. The molecule has 0 unspecified atom stereocenters. The average Bonchev–Trinajstić information content (AvgIpc) is 2.95. The quantitative estimate of drug-likeness (QED) is 0.767. The molecule has 0 bridgehead atoms. The summed E-state index contributed by atoms with van der Waals surface area (Å²) in [6, 6.07) is 6.71. The Morgan fingerprint density at radius 3 is 2.55 bits per heavy atom. The second kappa shape index (κ2) is 6.39. The van der Waals surface area contributed by atoms with E-state index in [-0.39, 0.29) is 11.0 Å². The van der Waals surface area contributed by atoms with Gasteiger partial charge in [-0.05, 0) is 36.2 Å². The number of pyridine rings is 1. The van der Waals surface area contributed by atoms with Crippen LogP contribution in [-0.2, 0) is 22.3 Å². The van der Waals surface area contributed by atoms with E-state index in [1.807, 2.05) is 12.1 Å². The van der Waals surface area contributed by atoms with Crippen molar-refractivity contribution in [1.29, 1.82) is 0 Å². The molecule has 0 aliphatic heterocycles. The molecule has 108 valence electrons. The number of hydrogen-bond acceptors (Lipinski definition) is 4. The predicted octanol–water partition coefficient (Wildman–Crippen LogP) is 2.28. The van der Waals surface area contributed by atoms with Crippen molar-refractivity contribution < 1.29 is 12.8 Å². The Hall–Kier alpha value is -1.37. The summed E-state index contributed by atoms with van der Waals surface area (Å²) in [6.07, 6.45) is 3.98. The first kappa shape index (κ1) is 15.0. The fourth-order valence-corrected chi connectivity index (χ4v) is 2.91. The van der Waals surface area contributed by atoms with E-state index >= 15 is 0 Å². The normalized spacial score (nSPS) is 11.9. The zero-order valence-corrected chi connectivity index (χ0v) is 12.6. The molecule has 0 aliphatic rings. The van der Waals surface area contributed by atoms with Crippen LogP contribution in [0.4, 0.5) is 0 Å². The van der Waals surface area contributed by atoms with E-state index < -0.39 is 10.0 Å². The van der Waals surface area contributed by atoms with Crippen molar-refractivity contribution in [1.82, 2.24) is 9.29 Å². The van der Waals surface area contributed by atoms with Gasteiger partial charge < -0.3 is 4.42 Å². The maximum atomic E-state index is 12.3. The minimum Gasteiger partial charge on any atom is -0.447 e. The van der Waals surface area contributed by atoms with Crippen LogP contribution >= 0.6 is 11.6 Å². The lowest BCUT2D eigenvalue weighted by Gasteiger charge is -2.15. The lowest BCUT2D eigenvalue weighted by molar-refractivity contribution is 0.396. The van der Waals surface area contributed by atoms with Crippen molar-refractivity contribution >= 4 is 21.6 Å². The van der Waals surface area contributed by atoms with Crippen LogP contribution in [0, 0.1) is 0 Å². The second-order valence-electron chi connectivity index (χ2n) is 4.29. The Bertz CT molecular complexity index is 655. The zero-order valence-electron chi connectivity index (χ0n) is 11.0. The van der Waals surface area contributed by atoms with Crippen molar-refractivity contribution in [2.45, 2.75) is 17.4 Å². The van der Waals surface area contributed by atoms with E-state index in [4.69, 9.17) is 16.0 Å². The van der Waals surface area contributed by atoms with Gasteiger partial charge in [-0.25, -0.2) is 8.42 Å². The fourth-order valence-electron chi connectivity index (χ4n) is 1.68. The van der Waals surface area contributed by atoms with Crippen LogP contribution in [0.3, 0.4) is 0 Å². The fraction of sp³-hybridized carbons (Fsp3) is 0.308. The van der Waals surface area contributed by atoms with Crippen LogP contribution in [-0.4, -0.2) is 31.3 Å². The van der Waals surface area contributed by atoms with E-state index in [0.29, 0.717) is 18.7 Å². The molecule has 2 heterocycles. The molecular formula is C13H15ClN2O3S. The summed E-state index contributed by atoms with van der Waals surface area (Å²) in [5, 5.41) is -0.0784. The van der Waals surface area contributed by atoms with Gasteiger partial charge in [0.05, 0.1) is 5.88 Å². The summed E-state index contributed by atoms with van der Waals surface area (Å²) < 4.78 is 31.0. The molecule has 0 saturated carbocycles. The van der Waals surface area contributed by atoms with E-state index in [1.54, 1.807) is 18.5 Å². The van der Waals surface area contributed by atoms with Crippen LogP contribution in [0.5, 0.6) is 0 Å². The number of rotatable bonds is 6. The Labute approximate surface area is 123 Å². The highest BCUT2D eigenvalue weighted by Crippen LogP contribution is 2.19. The number of aromatic nitrogens is 1. The molecular weight excluding hydrogens is 300 g/mol. The van der Waals surface area contributed by atoms with Crippen LogP contribution in [0.15, 0.2) is 46.2 Å². The van der Waals surface area contributed by atoms with E-state index in [9.17, 15) is 8.42 Å². The molecule has 0 fully saturated rings. The molecule has 0 radical (unpaired) electrons. The predicted molar refractivity (Wildman–Crippen MR) is 76.0 cm³/mol. The lowest BCUT2D eigenvalue weighted by atomic mass is 10.2. The first-order valence-electron chi connectivity index (χ1n) is 6.04. The third-order valence-electron chi connectivity index (χ3n) is 2.90. The van der Waals surface area contributed by atoms with Crippen LogP contribution in [0.1, 0.15) is 11.3 Å². The van der Waals surface area contributed by atoms with Gasteiger partial charge >= 0.3 is 0 Å². The number of alkyl halides is 1. The zero-order chi connectivity index (χ0) is 14.6. The number of sulfonamides is 1. The number of furan rings is 1. The standard InChI is InChI=1S/C13H15ClN2O3S/c1-16(9-6-11-4-7-15-8-5-11)20(17,18)13-3-2-12(10-14)19-13/h2-5,7-8H,6,9-10H2,1H3. The summed E-state index contributed by atoms with van der Waals surface area (Å²) in [7, 11) is -2.08. The van der Waals surface area contributed by atoms with Crippen molar-refractivity contribution in [3.63, 3.8) is 0 Å². The summed E-state index contributed by atoms with van der Waals surface area (Å²) >= 11 is 5.60. The highest BCUT2D eigenvalue weighted by Gasteiger charge is 2.24. The third-order valence-corrected chi connectivity index (χ3v) is 4.89. The van der Waals surface area contributed by atoms with Gasteiger partial charge in [0.2, 0.25) is 5.09 Å². The molecule has 0 aliphatic carbocycles. The average molecular weight is 315 g/mol. The molecule has 0 aromatic carbocycles. The maximum Gasteiger partial charge on any atom is 0.276 e. The first-order valence-corrected chi connectivity index (χ1v) is 8.01. The number of nitrogens with zero attached hydrogens (tertiary/aromatic N) is 2. The van der Waals surface area contributed by atoms with Crippen LogP contribution in [0.25, 0.3) is 0 Å². The van der Waals surface area contributed by atoms with Gasteiger partial charge in [-0.2, -0.15) is 4.31 Å². The Kier molecular flexibility index (Phi) is 4.80. The molecule has 0 atom stereocenters. The van der Waals surface area contributed by atoms with Crippen molar-refractivity contribution in [3.8, 4) is 0 Å². The van der Waals surface area contributed by atoms with Gasteiger partial charge in [-0.15, -0.1) is 11.6 Å². The van der Waals surface area contributed by atoms with Crippen molar-refractivity contribution in [3.05, 3.63) is 48.0 Å². The van der Waals surface area contributed by atoms with E-state index in [2.05, 4.69) is 4.98 Å². The van der Waals surface area contributed by atoms with Crippen LogP contribution in [0.2, 0.25) is 0 Å². The topological polar surface area (TPSA) is 63.4 Å². The highest BCUT2D eigenvalue weighted by molar-refractivity contribution is 7.89. The number of hydrogen-bond donors (Lipinski definition) is 0. The lowest BCUT2D eigenvalue weighted by Crippen LogP contribution is -2.28. The Morgan fingerprint density at radius 1 is 1.25 bits per heavy atom. The Morgan fingerprint density at radius 2 is 1.95 bits per heavy atom. The van der Waals surface area contributed by atoms with Gasteiger partial charge in [0.1, 0.15) is 5.76 Å². The van der Waals surface area contributed by atoms with Gasteiger partial charge in [-0.1, -0.05) is 0 Å². The molecule has 7 heteroatoms. The molecule has 20 heavy (non-hydrogen) atoms. The number of halogens is 1. The molecule has 0 saturated heterocycles. The summed E-state index contributed by atoms with van der Waals surface area (Å²) in [4.78, 5) is 3.92. The molecule has 2 aromatic heterocycles. The first-order chi connectivity index (χ1) is 9.54. The SMILES string of the molecule is CN(CCc1ccncc1)S(=O)(=O)c1ccc(CCl)o1. The van der Waals surface area contributed by atoms with Gasteiger partial charge in [0, 0.05) is 26.0 Å². The molecule has 0 amide bonds. The molecule has 0 N–H and O–H groups in total. The van der Waals surface area contributed by atoms with Crippen molar-refractivity contribution in [2.24, 2.45) is 0 Å². The minimum atomic E-state index is -3.61. The smallest absolute Gasteiger partial charge is 0.276 e. The summed E-state index contributed by atoms with van der Waals surface area (Å²) in [5.74, 6) is 0.587. The highest BCUT2D eigenvalue weighted by atomic mass is 35.5. The molecule has 2 rings (SSSR count). The van der Waals surface area contributed by atoms with E-state index in [1.165, 1.54) is 17.4 Å². The number of likely N-dealkylation sites (N-methyl/N-ethyl adjacent to an activating group) is 1. The van der Waals surface area contributed by atoms with Gasteiger partial charge in [-0.3, -0.25) is 4.98 Å². The van der Waals surface area contributed by atoms with Gasteiger partial charge in [0.25, 0.3) is 10.0 Å². The molecule has 0 spiro atoms. The van der Waals surface area contributed by atoms with E-state index in [0.717, 1.165) is 5.56 Å². The summed E-state index contributed by atoms with van der Waals surface area (Å²) in [6.45, 7) is 0.364. The monoisotopic (exact) mass is 314 g/mol. The van der Waals surface area contributed by atoms with Crippen LogP contribution < -0.4 is 0 Å². The largest absolute Gasteiger partial charge is 0.447 e. The Balaban J connectivity index is 2.05. The van der Waals surface area contributed by atoms with Gasteiger partial charge in [0.15, 0.2) is 0 Å². The third kappa shape index (κ3) is 3.39. The molecule has 2 aromatic rings. The summed E-state index contributed by atoms with van der Waals surface area (Å²) in [5.41, 5.74) is 1.03. The van der Waals surface area contributed by atoms with Crippen molar-refractivity contribution in [2.75, 3.05) is 13.6 Å². The minimum absolute atomic E-state index is 0.0784. The molecule has 5 nitrogen and oxygen atoms in total. The maximum absolute atomic E-state index is 12.3.